The van der Waals surface area contributed by atoms with Crippen LogP contribution in [0.25, 0.3) is 17.3 Å². The fraction of sp³-hybridized carbons (Fsp3) is 0. The first-order valence-electron chi connectivity index (χ1n) is 16.5. The molecule has 7 aromatic rings. The molecule has 0 bridgehead atoms. The van der Waals surface area contributed by atoms with E-state index in [4.69, 9.17) is 0 Å². The molecule has 0 aliphatic rings. The Hall–Kier alpha value is -5.95. The van der Waals surface area contributed by atoms with Crippen molar-refractivity contribution in [1.29, 1.82) is 0 Å². The van der Waals surface area contributed by atoms with Crippen molar-refractivity contribution in [3.05, 3.63) is 240 Å². The van der Waals surface area contributed by atoms with Gasteiger partial charge in [-0.1, -0.05) is 176 Å². The van der Waals surface area contributed by atoms with Crippen molar-refractivity contribution >= 4 is 40.7 Å². The second-order valence-corrected chi connectivity index (χ2v) is 14.9. The first kappa shape index (κ1) is 31.6. The summed E-state index contributed by atoms with van der Waals surface area (Å²) < 4.78 is 2.27. The van der Waals surface area contributed by atoms with E-state index >= 15 is 0 Å². The zero-order valence-corrected chi connectivity index (χ0v) is 28.0. The van der Waals surface area contributed by atoms with Gasteiger partial charge in [0.05, 0.1) is 11.3 Å². The molecule has 2 nitrogen and oxygen atoms in total. The molecule has 0 unspecified atom stereocenters. The van der Waals surface area contributed by atoms with Crippen molar-refractivity contribution < 1.29 is 5.11 Å². The Labute approximate surface area is 290 Å². The summed E-state index contributed by atoms with van der Waals surface area (Å²) >= 11 is 0. The normalized spacial score (nSPS) is 11.5. The molecule has 0 aliphatic carbocycles. The SMILES string of the molecule is OC(=C(c1ccccc1)c1ccccc1)N(/C(=C/c1ccccc1)c1ccccc1)[P+](c1ccccc1)(c1ccccc1)c1ccccc1. The summed E-state index contributed by atoms with van der Waals surface area (Å²) in [6.07, 6.45) is 2.21. The molecule has 3 heteroatoms. The van der Waals surface area contributed by atoms with Gasteiger partial charge in [0.25, 0.3) is 0 Å². The van der Waals surface area contributed by atoms with Crippen molar-refractivity contribution in [2.24, 2.45) is 0 Å². The Balaban J connectivity index is 1.71. The minimum atomic E-state index is -2.92. The molecule has 0 spiro atoms. The molecule has 7 aromatic carbocycles. The van der Waals surface area contributed by atoms with Gasteiger partial charge in [0.1, 0.15) is 15.9 Å². The molecule has 0 heterocycles. The van der Waals surface area contributed by atoms with Gasteiger partial charge in [0.15, 0.2) is 0 Å². The largest absolute Gasteiger partial charge is 0.492 e. The average molecular weight is 651 g/mol. The van der Waals surface area contributed by atoms with E-state index in [9.17, 15) is 5.11 Å². The van der Waals surface area contributed by atoms with E-state index in [1.165, 1.54) is 0 Å². The number of nitrogens with zero attached hydrogens (tertiary/aromatic N) is 1. The van der Waals surface area contributed by atoms with Crippen molar-refractivity contribution in [1.82, 2.24) is 4.67 Å². The van der Waals surface area contributed by atoms with Crippen LogP contribution in [0, 0.1) is 0 Å². The first-order valence-corrected chi connectivity index (χ1v) is 18.2. The molecule has 1 N–H and O–H groups in total. The van der Waals surface area contributed by atoms with Crippen LogP contribution >= 0.6 is 7.41 Å². The molecular weight excluding hydrogens is 613 g/mol. The third-order valence-electron chi connectivity index (χ3n) is 8.64. The number of aliphatic hydroxyl groups excluding tert-OH is 1. The highest BCUT2D eigenvalue weighted by Crippen LogP contribution is 2.64. The molecule has 236 valence electrons. The zero-order valence-electron chi connectivity index (χ0n) is 27.1. The molecule has 7 rings (SSSR count). The van der Waals surface area contributed by atoms with Crippen LogP contribution in [-0.4, -0.2) is 9.78 Å². The van der Waals surface area contributed by atoms with E-state index in [0.717, 1.165) is 49.4 Å². The number of hydrogen-bond donors (Lipinski definition) is 1. The summed E-state index contributed by atoms with van der Waals surface area (Å²) in [5.74, 6) is 0.174. The number of aliphatic hydroxyl groups is 1. The highest BCUT2D eigenvalue weighted by Gasteiger charge is 2.55. The van der Waals surface area contributed by atoms with Gasteiger partial charge in [0, 0.05) is 5.56 Å². The number of hydrogen-bond acceptors (Lipinski definition) is 2. The van der Waals surface area contributed by atoms with Crippen LogP contribution in [0.1, 0.15) is 22.3 Å². The molecule has 0 saturated carbocycles. The van der Waals surface area contributed by atoms with E-state index in [1.54, 1.807) is 0 Å². The van der Waals surface area contributed by atoms with Gasteiger partial charge in [-0.05, 0) is 59.2 Å². The lowest BCUT2D eigenvalue weighted by Crippen LogP contribution is -2.42. The molecule has 0 saturated heterocycles. The van der Waals surface area contributed by atoms with Gasteiger partial charge in [-0.2, -0.15) is 4.67 Å². The maximum Gasteiger partial charge on any atom is 0.233 e. The molecule has 0 aliphatic heterocycles. The predicted molar refractivity (Wildman–Crippen MR) is 209 cm³/mol. The maximum atomic E-state index is 13.5. The minimum absolute atomic E-state index is 0.174. The van der Waals surface area contributed by atoms with E-state index in [1.807, 2.05) is 48.5 Å². The van der Waals surface area contributed by atoms with Gasteiger partial charge in [0.2, 0.25) is 13.3 Å². The third kappa shape index (κ3) is 6.48. The van der Waals surface area contributed by atoms with Crippen LogP contribution in [-0.2, 0) is 0 Å². The van der Waals surface area contributed by atoms with Crippen LogP contribution in [0.5, 0.6) is 0 Å². The molecule has 49 heavy (non-hydrogen) atoms. The highest BCUT2D eigenvalue weighted by atomic mass is 31.2. The summed E-state index contributed by atoms with van der Waals surface area (Å²) in [7, 11) is -2.92. The molecule has 0 radical (unpaired) electrons. The Kier molecular flexibility index (Phi) is 9.60. The lowest BCUT2D eigenvalue weighted by molar-refractivity contribution is 0.338. The Morgan fingerprint density at radius 1 is 0.388 bits per heavy atom. The molecule has 0 amide bonds. The Morgan fingerprint density at radius 3 is 1.06 bits per heavy atom. The van der Waals surface area contributed by atoms with Crippen molar-refractivity contribution in [2.45, 2.75) is 0 Å². The van der Waals surface area contributed by atoms with Crippen LogP contribution in [0.4, 0.5) is 0 Å². The second-order valence-electron chi connectivity index (χ2n) is 11.7. The Bertz CT molecular complexity index is 2000. The monoisotopic (exact) mass is 650 g/mol. The van der Waals surface area contributed by atoms with Gasteiger partial charge in [-0.3, -0.25) is 0 Å². The fourth-order valence-electron chi connectivity index (χ4n) is 6.47. The second kappa shape index (κ2) is 14.9. The molecule has 0 aromatic heterocycles. The minimum Gasteiger partial charge on any atom is -0.492 e. The quantitative estimate of drug-likeness (QED) is 0.0905. The Morgan fingerprint density at radius 2 is 0.694 bits per heavy atom. The van der Waals surface area contributed by atoms with Crippen LogP contribution in [0.3, 0.4) is 0 Å². The molecular formula is C46H37NOP+. The van der Waals surface area contributed by atoms with Crippen molar-refractivity contribution in [3.63, 3.8) is 0 Å². The number of rotatable bonds is 10. The van der Waals surface area contributed by atoms with E-state index in [2.05, 4.69) is 175 Å². The van der Waals surface area contributed by atoms with Crippen molar-refractivity contribution in [2.75, 3.05) is 0 Å². The van der Waals surface area contributed by atoms with Crippen LogP contribution < -0.4 is 15.9 Å². The third-order valence-corrected chi connectivity index (χ3v) is 12.8. The first-order chi connectivity index (χ1) is 24.3. The fourth-order valence-corrected chi connectivity index (χ4v) is 10.7. The van der Waals surface area contributed by atoms with Crippen LogP contribution in [0.15, 0.2) is 218 Å². The lowest BCUT2D eigenvalue weighted by atomic mass is 9.98. The van der Waals surface area contributed by atoms with E-state index in [-0.39, 0.29) is 5.88 Å². The van der Waals surface area contributed by atoms with E-state index in [0.29, 0.717) is 0 Å². The summed E-state index contributed by atoms with van der Waals surface area (Å²) in [5.41, 5.74) is 5.52. The summed E-state index contributed by atoms with van der Waals surface area (Å²) in [5, 5.41) is 16.9. The summed E-state index contributed by atoms with van der Waals surface area (Å²) in [6, 6.07) is 73.4. The molecule has 0 fully saturated rings. The standard InChI is InChI=1S/C46H36NOP/c48-46(45(39-26-12-3-13-27-39)40-28-14-4-15-29-40)47(44(38-24-10-2-11-25-38)36-37-22-8-1-9-23-37)49(41-30-16-5-17-31-41,42-32-18-6-19-33-42)43-34-20-7-21-35-43/h1-36H/p+1/b44-36+. The van der Waals surface area contributed by atoms with Crippen molar-refractivity contribution in [3.8, 4) is 0 Å². The van der Waals surface area contributed by atoms with Gasteiger partial charge in [-0.25, -0.2) is 0 Å². The molecule has 0 atom stereocenters. The van der Waals surface area contributed by atoms with Gasteiger partial charge >= 0.3 is 0 Å². The summed E-state index contributed by atoms with van der Waals surface area (Å²) in [6.45, 7) is 0. The zero-order chi connectivity index (χ0) is 33.3. The summed E-state index contributed by atoms with van der Waals surface area (Å²) in [4.78, 5) is 0. The predicted octanol–water partition coefficient (Wildman–Crippen LogP) is 10.4. The lowest BCUT2D eigenvalue weighted by Gasteiger charge is -2.39. The topological polar surface area (TPSA) is 23.5 Å². The van der Waals surface area contributed by atoms with Gasteiger partial charge < -0.3 is 5.11 Å². The van der Waals surface area contributed by atoms with E-state index < -0.39 is 7.41 Å². The highest BCUT2D eigenvalue weighted by molar-refractivity contribution is 7.94. The van der Waals surface area contributed by atoms with Gasteiger partial charge in [-0.15, -0.1) is 0 Å². The smallest absolute Gasteiger partial charge is 0.233 e. The van der Waals surface area contributed by atoms with Crippen LogP contribution in [0.2, 0.25) is 0 Å². The maximum absolute atomic E-state index is 13.5. The number of benzene rings is 7. The average Bonchev–Trinajstić information content (AvgIpc) is 3.19.